The Morgan fingerprint density at radius 1 is 1.06 bits per heavy atom. The third kappa shape index (κ3) is 4.26. The quantitative estimate of drug-likeness (QED) is 0.512. The number of amides is 1. The van der Waals surface area contributed by atoms with Crippen molar-refractivity contribution in [2.24, 2.45) is 0 Å². The van der Waals surface area contributed by atoms with E-state index in [1.165, 1.54) is 10.6 Å². The van der Waals surface area contributed by atoms with Crippen molar-refractivity contribution in [2.75, 3.05) is 0 Å². The summed E-state index contributed by atoms with van der Waals surface area (Å²) in [4.78, 5) is 30.1. The molecule has 0 saturated heterocycles. The number of hydrogen-bond acceptors (Lipinski definition) is 5. The van der Waals surface area contributed by atoms with Crippen LogP contribution in [0.4, 0.5) is 0 Å². The number of nitrogens with one attached hydrogen (secondary N) is 1. The van der Waals surface area contributed by atoms with Gasteiger partial charge >= 0.3 is 0 Å². The number of carbonyl (C=O) groups excluding carboxylic acids is 1. The largest absolute Gasteiger partial charge is 0.348 e. The van der Waals surface area contributed by atoms with Crippen LogP contribution in [0.25, 0.3) is 22.4 Å². The summed E-state index contributed by atoms with van der Waals surface area (Å²) in [6, 6.07) is 18.4. The molecular formula is C24H24N4O3. The summed E-state index contributed by atoms with van der Waals surface area (Å²) in [5, 5.41) is 7.73. The zero-order valence-electron chi connectivity index (χ0n) is 17.7. The van der Waals surface area contributed by atoms with Crippen LogP contribution in [0.3, 0.4) is 0 Å². The minimum atomic E-state index is -0.305. The Morgan fingerprint density at radius 2 is 1.77 bits per heavy atom. The van der Waals surface area contributed by atoms with E-state index < -0.39 is 0 Å². The fraction of sp³-hybridized carbons (Fsp3) is 0.250. The summed E-state index contributed by atoms with van der Waals surface area (Å²) in [6.45, 7) is 5.77. The number of hydrogen-bond donors (Lipinski definition) is 1. The maximum absolute atomic E-state index is 13.0. The van der Waals surface area contributed by atoms with Gasteiger partial charge in [0.05, 0.1) is 17.1 Å². The predicted molar refractivity (Wildman–Crippen MR) is 119 cm³/mol. The molecule has 1 N–H and O–H groups in total. The predicted octanol–water partition coefficient (Wildman–Crippen LogP) is 4.05. The summed E-state index contributed by atoms with van der Waals surface area (Å²) in [5.74, 6) is 0.750. The van der Waals surface area contributed by atoms with E-state index in [9.17, 15) is 9.59 Å². The zero-order valence-corrected chi connectivity index (χ0v) is 17.7. The zero-order chi connectivity index (χ0) is 22.0. The van der Waals surface area contributed by atoms with Crippen molar-refractivity contribution in [1.82, 2.24) is 20.0 Å². The van der Waals surface area contributed by atoms with Crippen LogP contribution in [0.1, 0.15) is 44.1 Å². The van der Waals surface area contributed by atoms with E-state index in [-0.39, 0.29) is 30.0 Å². The summed E-state index contributed by atoms with van der Waals surface area (Å²) in [7, 11) is 0. The number of aromatic nitrogens is 3. The third-order valence-electron chi connectivity index (χ3n) is 5.19. The summed E-state index contributed by atoms with van der Waals surface area (Å²) in [5.41, 5.74) is 1.90. The third-order valence-corrected chi connectivity index (χ3v) is 5.19. The van der Waals surface area contributed by atoms with Crippen LogP contribution in [0.2, 0.25) is 0 Å². The second-order valence-electron chi connectivity index (χ2n) is 7.81. The fourth-order valence-corrected chi connectivity index (χ4v) is 3.51. The molecule has 7 nitrogen and oxygen atoms in total. The van der Waals surface area contributed by atoms with Gasteiger partial charge in [-0.3, -0.25) is 14.2 Å². The molecule has 0 aliphatic rings. The molecule has 158 valence electrons. The van der Waals surface area contributed by atoms with E-state index in [0.29, 0.717) is 22.8 Å². The number of fused-ring (bicyclic) bond motifs is 1. The normalized spacial score (nSPS) is 12.3. The Kier molecular flexibility index (Phi) is 5.66. The number of benzene rings is 2. The Balaban J connectivity index is 1.67. The van der Waals surface area contributed by atoms with Gasteiger partial charge in [-0.05, 0) is 18.6 Å². The van der Waals surface area contributed by atoms with Gasteiger partial charge in [0.1, 0.15) is 6.54 Å². The Morgan fingerprint density at radius 3 is 2.48 bits per heavy atom. The molecule has 1 amide bonds. The van der Waals surface area contributed by atoms with Crippen molar-refractivity contribution < 1.29 is 9.32 Å². The first-order chi connectivity index (χ1) is 14.9. The lowest BCUT2D eigenvalue weighted by atomic mass is 10.1. The van der Waals surface area contributed by atoms with E-state index in [1.807, 2.05) is 75.4 Å². The van der Waals surface area contributed by atoms with Crippen molar-refractivity contribution in [3.63, 3.8) is 0 Å². The van der Waals surface area contributed by atoms with Gasteiger partial charge in [0, 0.05) is 17.4 Å². The first kappa shape index (κ1) is 20.5. The number of rotatable bonds is 6. The molecule has 31 heavy (non-hydrogen) atoms. The molecule has 2 aromatic heterocycles. The number of pyridine rings is 1. The highest BCUT2D eigenvalue weighted by molar-refractivity contribution is 5.93. The van der Waals surface area contributed by atoms with Crippen molar-refractivity contribution in [2.45, 2.75) is 39.3 Å². The van der Waals surface area contributed by atoms with Crippen LogP contribution in [0.5, 0.6) is 0 Å². The van der Waals surface area contributed by atoms with Gasteiger partial charge in [0.2, 0.25) is 5.91 Å². The summed E-state index contributed by atoms with van der Waals surface area (Å²) < 4.78 is 6.87. The molecule has 2 aromatic carbocycles. The highest BCUT2D eigenvalue weighted by Gasteiger charge is 2.18. The van der Waals surface area contributed by atoms with Crippen molar-refractivity contribution in [3.8, 4) is 11.5 Å². The molecule has 1 unspecified atom stereocenters. The van der Waals surface area contributed by atoms with Crippen LogP contribution in [-0.2, 0) is 11.3 Å². The summed E-state index contributed by atoms with van der Waals surface area (Å²) >= 11 is 0. The average Bonchev–Trinajstić information content (AvgIpc) is 3.26. The van der Waals surface area contributed by atoms with Crippen LogP contribution in [0, 0.1) is 0 Å². The van der Waals surface area contributed by atoms with E-state index in [4.69, 9.17) is 4.52 Å². The van der Waals surface area contributed by atoms with Gasteiger partial charge in [0.15, 0.2) is 5.82 Å². The van der Waals surface area contributed by atoms with Crippen molar-refractivity contribution in [3.05, 3.63) is 82.4 Å². The van der Waals surface area contributed by atoms with Crippen LogP contribution < -0.4 is 10.9 Å². The van der Waals surface area contributed by atoms with E-state index >= 15 is 0 Å². The Labute approximate surface area is 179 Å². The maximum atomic E-state index is 13.0. The molecule has 4 rings (SSSR count). The lowest BCUT2D eigenvalue weighted by Gasteiger charge is -2.16. The van der Waals surface area contributed by atoms with E-state index in [1.54, 1.807) is 0 Å². The van der Waals surface area contributed by atoms with Gasteiger partial charge in [0.25, 0.3) is 11.4 Å². The molecule has 7 heteroatoms. The second kappa shape index (κ2) is 8.55. The number of para-hydroxylation sites is 1. The molecule has 0 bridgehead atoms. The minimum Gasteiger partial charge on any atom is -0.348 e. The van der Waals surface area contributed by atoms with Crippen molar-refractivity contribution in [1.29, 1.82) is 0 Å². The number of carbonyl (C=O) groups is 1. The van der Waals surface area contributed by atoms with Crippen LogP contribution >= 0.6 is 0 Å². The minimum absolute atomic E-state index is 0.0854. The SMILES string of the molecule is CC(C)c1noc(-c2cc(=O)n(CC(=O)NC(C)c3ccccc3)c3ccccc23)n1. The van der Waals surface area contributed by atoms with Crippen molar-refractivity contribution >= 4 is 16.8 Å². The topological polar surface area (TPSA) is 90.0 Å². The molecule has 0 saturated carbocycles. The highest BCUT2D eigenvalue weighted by atomic mass is 16.5. The smallest absolute Gasteiger partial charge is 0.258 e. The van der Waals surface area contributed by atoms with Gasteiger partial charge in [-0.25, -0.2) is 0 Å². The maximum Gasteiger partial charge on any atom is 0.258 e. The molecule has 0 fully saturated rings. The molecular weight excluding hydrogens is 392 g/mol. The molecule has 0 aliphatic carbocycles. The van der Waals surface area contributed by atoms with Crippen LogP contribution in [0.15, 0.2) is 70.0 Å². The molecule has 0 aliphatic heterocycles. The summed E-state index contributed by atoms with van der Waals surface area (Å²) in [6.07, 6.45) is 0. The van der Waals surface area contributed by atoms with Gasteiger partial charge in [-0.1, -0.05) is 67.5 Å². The molecule has 1 atom stereocenters. The lowest BCUT2D eigenvalue weighted by molar-refractivity contribution is -0.122. The fourth-order valence-electron chi connectivity index (χ4n) is 3.51. The average molecular weight is 416 g/mol. The monoisotopic (exact) mass is 416 g/mol. The van der Waals surface area contributed by atoms with Gasteiger partial charge < -0.3 is 9.84 Å². The lowest BCUT2D eigenvalue weighted by Crippen LogP contribution is -2.33. The molecule has 4 aromatic rings. The van der Waals surface area contributed by atoms with Gasteiger partial charge in [-0.2, -0.15) is 4.98 Å². The first-order valence-corrected chi connectivity index (χ1v) is 10.2. The van der Waals surface area contributed by atoms with E-state index in [2.05, 4.69) is 15.5 Å². The van der Waals surface area contributed by atoms with E-state index in [0.717, 1.165) is 10.9 Å². The first-order valence-electron chi connectivity index (χ1n) is 10.2. The van der Waals surface area contributed by atoms with Crippen LogP contribution in [-0.4, -0.2) is 20.6 Å². The molecule has 2 heterocycles. The Hall–Kier alpha value is -3.74. The molecule has 0 radical (unpaired) electrons. The molecule has 0 spiro atoms. The number of nitrogens with zero attached hydrogens (tertiary/aromatic N) is 3. The second-order valence-corrected chi connectivity index (χ2v) is 7.81. The highest BCUT2D eigenvalue weighted by Crippen LogP contribution is 2.27. The standard InChI is InChI=1S/C24H24N4O3/c1-15(2)23-26-24(31-27-23)19-13-22(30)28(20-12-8-7-11-18(19)20)14-21(29)25-16(3)17-9-5-4-6-10-17/h4-13,15-16H,14H2,1-3H3,(H,25,29). The Bertz CT molecular complexity index is 1270. The van der Waals surface area contributed by atoms with Gasteiger partial charge in [-0.15, -0.1) is 0 Å².